The Kier molecular flexibility index (Phi) is 4.71. The molecule has 14 heavy (non-hydrogen) atoms. The Balaban J connectivity index is 2.56. The predicted octanol–water partition coefficient (Wildman–Crippen LogP) is -0.485. The van der Waals surface area contributed by atoms with Crippen LogP contribution in [0.2, 0.25) is 26.2 Å². The molecule has 4 nitrogen and oxygen atoms in total. The first kappa shape index (κ1) is 12.8. The summed E-state index contributed by atoms with van der Waals surface area (Å²) in [5.74, 6) is 0. The maximum Gasteiger partial charge on any atom is 0.210 e. The highest BCUT2D eigenvalue weighted by molar-refractivity contribution is 7.01. The Bertz CT molecular complexity index is 167. The predicted molar refractivity (Wildman–Crippen MR) is 68.3 cm³/mol. The summed E-state index contributed by atoms with van der Waals surface area (Å²) in [7, 11) is 2.62. The molecule has 0 amide bonds. The summed E-state index contributed by atoms with van der Waals surface area (Å²) in [5.41, 5.74) is 0. The molecule has 1 fully saturated rings. The van der Waals surface area contributed by atoms with Gasteiger partial charge < -0.3 is 17.8 Å². The van der Waals surface area contributed by atoms with Crippen LogP contribution < -0.4 is 9.96 Å². The van der Waals surface area contributed by atoms with Crippen molar-refractivity contribution in [3.8, 4) is 0 Å². The minimum atomic E-state index is -0.421. The van der Waals surface area contributed by atoms with Crippen molar-refractivity contribution in [3.05, 3.63) is 0 Å². The molecule has 1 rings (SSSR count). The fraction of sp³-hybridized carbons (Fsp3) is 1.00. The van der Waals surface area contributed by atoms with Crippen molar-refractivity contribution in [2.24, 2.45) is 0 Å². The fourth-order valence-corrected chi connectivity index (χ4v) is 19.1. The van der Waals surface area contributed by atoms with Gasteiger partial charge >= 0.3 is 0 Å². The molecule has 0 aromatic carbocycles. The summed E-state index contributed by atoms with van der Waals surface area (Å²) >= 11 is 0. The second kappa shape index (κ2) is 5.16. The van der Waals surface area contributed by atoms with Crippen LogP contribution in [0.5, 0.6) is 0 Å². The lowest BCUT2D eigenvalue weighted by Crippen LogP contribution is -2.84. The molecule has 0 saturated carbocycles. The highest BCUT2D eigenvalue weighted by atomic mass is 28.5. The SMILES string of the molecule is CN[Si](C)N1[Si](C)N([Si](C)NC)[Si]1C. The molecular formula is C6H20N4Si4. The van der Waals surface area contributed by atoms with E-state index in [0.29, 0.717) is 0 Å². The first-order valence-electron chi connectivity index (χ1n) is 4.84. The van der Waals surface area contributed by atoms with Gasteiger partial charge in [-0.1, -0.05) is 0 Å². The van der Waals surface area contributed by atoms with Crippen LogP contribution >= 0.6 is 0 Å². The number of hydrogen-bond donors (Lipinski definition) is 2. The summed E-state index contributed by atoms with van der Waals surface area (Å²) in [6, 6.07) is 0. The van der Waals surface area contributed by atoms with Gasteiger partial charge in [0.15, 0.2) is 0 Å². The molecule has 80 valence electrons. The van der Waals surface area contributed by atoms with Crippen LogP contribution in [-0.4, -0.2) is 58.4 Å². The van der Waals surface area contributed by atoms with Gasteiger partial charge in [-0.05, 0) is 40.3 Å². The zero-order valence-corrected chi connectivity index (χ0v) is 13.9. The van der Waals surface area contributed by atoms with Crippen LogP contribution in [0.1, 0.15) is 0 Å². The van der Waals surface area contributed by atoms with Crippen LogP contribution in [0, 0.1) is 0 Å². The number of rotatable bonds is 4. The van der Waals surface area contributed by atoms with Gasteiger partial charge in [-0.15, -0.1) is 0 Å². The van der Waals surface area contributed by atoms with Crippen molar-refractivity contribution in [2.45, 2.75) is 26.2 Å². The van der Waals surface area contributed by atoms with Crippen molar-refractivity contribution < 1.29 is 0 Å². The maximum absolute atomic E-state index is 3.45. The normalized spacial score (nSPS) is 22.3. The molecule has 1 aliphatic rings. The van der Waals surface area contributed by atoms with Crippen LogP contribution in [0.25, 0.3) is 0 Å². The van der Waals surface area contributed by atoms with Crippen LogP contribution in [0.4, 0.5) is 0 Å². The summed E-state index contributed by atoms with van der Waals surface area (Å²) in [5, 5.41) is 0. The molecule has 0 unspecified atom stereocenters. The van der Waals surface area contributed by atoms with Crippen LogP contribution in [0.3, 0.4) is 0 Å². The van der Waals surface area contributed by atoms with E-state index in [1.165, 1.54) is 0 Å². The molecule has 0 aliphatic carbocycles. The summed E-state index contributed by atoms with van der Waals surface area (Å²) in [4.78, 5) is 6.90. The fourth-order valence-electron chi connectivity index (χ4n) is 1.82. The van der Waals surface area contributed by atoms with E-state index in [-0.39, 0.29) is 18.2 Å². The monoisotopic (exact) mass is 260 g/mol. The van der Waals surface area contributed by atoms with Crippen molar-refractivity contribution in [3.63, 3.8) is 0 Å². The van der Waals surface area contributed by atoms with Crippen molar-refractivity contribution >= 4 is 36.5 Å². The first-order chi connectivity index (χ1) is 6.54. The largest absolute Gasteiger partial charge is 0.334 e. The number of nitrogens with one attached hydrogen (secondary N) is 2. The Morgan fingerprint density at radius 1 is 0.857 bits per heavy atom. The van der Waals surface area contributed by atoms with Crippen LogP contribution in [-0.2, 0) is 0 Å². The zero-order valence-electron chi connectivity index (χ0n) is 9.89. The van der Waals surface area contributed by atoms with Crippen molar-refractivity contribution in [2.75, 3.05) is 14.1 Å². The number of hydrogen-bond acceptors (Lipinski definition) is 4. The molecule has 1 heterocycles. The Hall–Kier alpha value is 0.708. The molecule has 1 aliphatic heterocycles. The Labute approximate surface area is 94.7 Å². The van der Waals surface area contributed by atoms with Gasteiger partial charge in [0, 0.05) is 0 Å². The zero-order chi connectivity index (χ0) is 10.9. The standard InChI is InChI=1S/C6H20N4Si4/c1-7-11(3)9-13(5)10(14(9)6)12(4)8-2/h7-8H,1-6H3. The van der Waals surface area contributed by atoms with Gasteiger partial charge in [0.2, 0.25) is 36.5 Å². The first-order valence-corrected chi connectivity index (χ1v) is 12.5. The lowest BCUT2D eigenvalue weighted by Gasteiger charge is -2.56. The van der Waals surface area contributed by atoms with E-state index in [2.05, 4.69) is 58.0 Å². The van der Waals surface area contributed by atoms with Crippen molar-refractivity contribution in [1.82, 2.24) is 17.8 Å². The lowest BCUT2D eigenvalue weighted by atomic mass is 11.6. The molecule has 0 spiro atoms. The molecule has 8 heteroatoms. The third-order valence-corrected chi connectivity index (χ3v) is 19.9. The molecular weight excluding hydrogens is 240 g/mol. The van der Waals surface area contributed by atoms with E-state index >= 15 is 0 Å². The van der Waals surface area contributed by atoms with Gasteiger partial charge in [-0.3, -0.25) is 0 Å². The number of nitrogens with zero attached hydrogens (tertiary/aromatic N) is 2. The Morgan fingerprint density at radius 3 is 1.36 bits per heavy atom. The topological polar surface area (TPSA) is 30.5 Å². The Morgan fingerprint density at radius 2 is 1.14 bits per heavy atom. The molecule has 0 aromatic heterocycles. The average molecular weight is 261 g/mol. The minimum Gasteiger partial charge on any atom is -0.334 e. The molecule has 2 N–H and O–H groups in total. The van der Waals surface area contributed by atoms with Crippen molar-refractivity contribution in [1.29, 1.82) is 0 Å². The molecule has 0 aromatic rings. The smallest absolute Gasteiger partial charge is 0.210 e. The highest BCUT2D eigenvalue weighted by Gasteiger charge is 2.49. The van der Waals surface area contributed by atoms with E-state index in [0.717, 1.165) is 0 Å². The van der Waals surface area contributed by atoms with Crippen LogP contribution in [0.15, 0.2) is 0 Å². The van der Waals surface area contributed by atoms with Gasteiger partial charge in [-0.25, -0.2) is 0 Å². The van der Waals surface area contributed by atoms with E-state index in [9.17, 15) is 0 Å². The summed E-state index contributed by atoms with van der Waals surface area (Å²) < 4.78 is 5.59. The highest BCUT2D eigenvalue weighted by Crippen LogP contribution is 2.21. The molecule has 1 saturated heterocycles. The van der Waals surface area contributed by atoms with E-state index in [4.69, 9.17) is 0 Å². The third-order valence-electron chi connectivity index (χ3n) is 2.69. The van der Waals surface area contributed by atoms with Gasteiger partial charge in [0.1, 0.15) is 0 Å². The van der Waals surface area contributed by atoms with Gasteiger partial charge in [0.25, 0.3) is 0 Å². The lowest BCUT2D eigenvalue weighted by molar-refractivity contribution is 0.686. The molecule has 0 bridgehead atoms. The van der Waals surface area contributed by atoms with Gasteiger partial charge in [-0.2, -0.15) is 0 Å². The van der Waals surface area contributed by atoms with E-state index < -0.39 is 18.2 Å². The van der Waals surface area contributed by atoms with Gasteiger partial charge in [0.05, 0.1) is 0 Å². The maximum atomic E-state index is 3.45. The quantitative estimate of drug-likeness (QED) is 0.668. The van der Waals surface area contributed by atoms with E-state index in [1.807, 2.05) is 0 Å². The second-order valence-corrected chi connectivity index (χ2v) is 14.3. The average Bonchev–Trinajstić information content (AvgIpc) is 2.17. The third kappa shape index (κ3) is 2.11. The second-order valence-electron chi connectivity index (χ2n) is 3.44. The minimum absolute atomic E-state index is 0.364. The summed E-state index contributed by atoms with van der Waals surface area (Å²) in [6.07, 6.45) is 0. The molecule has 4 radical (unpaired) electrons. The van der Waals surface area contributed by atoms with E-state index in [1.54, 1.807) is 0 Å². The molecule has 0 atom stereocenters. The summed E-state index contributed by atoms with van der Waals surface area (Å²) in [6.45, 7) is 9.59.